The van der Waals surface area contributed by atoms with Gasteiger partial charge in [0.05, 0.1) is 0 Å². The molecule has 0 aromatic heterocycles. The summed E-state index contributed by atoms with van der Waals surface area (Å²) in [5.74, 6) is 0.928. The van der Waals surface area contributed by atoms with Crippen molar-refractivity contribution in [1.29, 1.82) is 5.41 Å². The molecule has 0 spiro atoms. The maximum Gasteiger partial charge on any atom is 0.0212 e. The van der Waals surface area contributed by atoms with E-state index in [0.29, 0.717) is 11.8 Å². The molecule has 1 N–H and O–H groups in total. The fraction of sp³-hybridized carbons (Fsp3) is 0.381. The van der Waals surface area contributed by atoms with Crippen molar-refractivity contribution in [1.82, 2.24) is 0 Å². The predicted octanol–water partition coefficient (Wildman–Crippen LogP) is 5.90. The van der Waals surface area contributed by atoms with Crippen LogP contribution in [0.3, 0.4) is 0 Å². The molecule has 0 bridgehead atoms. The third-order valence-electron chi connectivity index (χ3n) is 4.40. The van der Waals surface area contributed by atoms with Crippen LogP contribution in [0.15, 0.2) is 60.2 Å². The normalized spacial score (nSPS) is 20.5. The zero-order valence-electron chi connectivity index (χ0n) is 14.1. The zero-order valence-corrected chi connectivity index (χ0v) is 14.1. The molecule has 1 aromatic rings. The Balaban J connectivity index is 2.15. The lowest BCUT2D eigenvalue weighted by atomic mass is 9.79. The Morgan fingerprint density at radius 2 is 1.91 bits per heavy atom. The van der Waals surface area contributed by atoms with Gasteiger partial charge >= 0.3 is 0 Å². The first-order valence-corrected chi connectivity index (χ1v) is 8.07. The lowest BCUT2D eigenvalue weighted by molar-refractivity contribution is 0.487. The Hall–Kier alpha value is -1.89. The van der Waals surface area contributed by atoms with Gasteiger partial charge in [-0.3, -0.25) is 0 Å². The van der Waals surface area contributed by atoms with Crippen LogP contribution in [-0.2, 0) is 0 Å². The van der Waals surface area contributed by atoms with Crippen LogP contribution in [0, 0.1) is 22.7 Å². The van der Waals surface area contributed by atoms with Crippen LogP contribution in [0.2, 0.25) is 0 Å². The van der Waals surface area contributed by atoms with Gasteiger partial charge in [-0.05, 0) is 40.4 Å². The van der Waals surface area contributed by atoms with E-state index in [-0.39, 0.29) is 5.41 Å². The van der Waals surface area contributed by atoms with Crippen molar-refractivity contribution in [3.63, 3.8) is 0 Å². The van der Waals surface area contributed by atoms with E-state index in [4.69, 9.17) is 5.41 Å². The molecule has 1 aliphatic rings. The lowest BCUT2D eigenvalue weighted by Gasteiger charge is -2.26. The fourth-order valence-corrected chi connectivity index (χ4v) is 2.85. The summed E-state index contributed by atoms with van der Waals surface area (Å²) in [7, 11) is 0. The van der Waals surface area contributed by atoms with Gasteiger partial charge in [0.15, 0.2) is 0 Å². The smallest absolute Gasteiger partial charge is 0.0212 e. The van der Waals surface area contributed by atoms with Crippen LogP contribution >= 0.6 is 0 Å². The highest BCUT2D eigenvalue weighted by molar-refractivity contribution is 5.77. The molecule has 0 fully saturated rings. The summed E-state index contributed by atoms with van der Waals surface area (Å²) >= 11 is 0. The molecule has 22 heavy (non-hydrogen) atoms. The van der Waals surface area contributed by atoms with Crippen LogP contribution in [0.25, 0.3) is 5.57 Å². The quantitative estimate of drug-likeness (QED) is 0.668. The first-order valence-electron chi connectivity index (χ1n) is 8.07. The molecule has 0 saturated carbocycles. The molecule has 2 rings (SSSR count). The monoisotopic (exact) mass is 293 g/mol. The van der Waals surface area contributed by atoms with Crippen LogP contribution in [0.1, 0.15) is 39.7 Å². The minimum absolute atomic E-state index is 0.0342. The highest BCUT2D eigenvalue weighted by Crippen LogP contribution is 2.34. The van der Waals surface area contributed by atoms with Crippen LogP contribution < -0.4 is 0 Å². The van der Waals surface area contributed by atoms with Crippen molar-refractivity contribution in [2.24, 2.45) is 17.3 Å². The number of nitrogens with one attached hydrogen (secondary N) is 1. The molecule has 1 nitrogen and oxygen atoms in total. The SMILES string of the molecule is CC(/C=C(\C=N)C(C)(C)C)C1C=CC=C(c2ccccc2)C1. The maximum atomic E-state index is 7.67. The summed E-state index contributed by atoms with van der Waals surface area (Å²) < 4.78 is 0. The average Bonchev–Trinajstić information content (AvgIpc) is 2.52. The molecule has 0 heterocycles. The highest BCUT2D eigenvalue weighted by Gasteiger charge is 2.21. The Bertz CT molecular complexity index is 597. The van der Waals surface area contributed by atoms with E-state index in [1.54, 1.807) is 0 Å². The molecule has 1 heteroatoms. The summed E-state index contributed by atoms with van der Waals surface area (Å²) in [6.07, 6.45) is 11.6. The standard InChI is InChI=1S/C21H27N/c1-16(13-20(15-22)21(2,3)4)18-11-8-12-19(14-18)17-9-6-5-7-10-17/h5-13,15-16,18,22H,14H2,1-4H3/b20-13+,22-15?. The first-order chi connectivity index (χ1) is 10.4. The summed E-state index contributed by atoms with van der Waals surface area (Å²) in [5.41, 5.74) is 3.87. The molecule has 1 aromatic carbocycles. The summed E-state index contributed by atoms with van der Waals surface area (Å²) in [6.45, 7) is 8.77. The summed E-state index contributed by atoms with van der Waals surface area (Å²) in [5, 5.41) is 7.67. The van der Waals surface area contributed by atoms with Gasteiger partial charge in [0.1, 0.15) is 0 Å². The third-order valence-corrected chi connectivity index (χ3v) is 4.40. The zero-order chi connectivity index (χ0) is 16.2. The van der Waals surface area contributed by atoms with Gasteiger partial charge in [-0.15, -0.1) is 0 Å². The lowest BCUT2D eigenvalue weighted by Crippen LogP contribution is -2.15. The fourth-order valence-electron chi connectivity index (χ4n) is 2.85. The van der Waals surface area contributed by atoms with E-state index in [9.17, 15) is 0 Å². The van der Waals surface area contributed by atoms with Gasteiger partial charge in [0.2, 0.25) is 0 Å². The molecular weight excluding hydrogens is 266 g/mol. The molecule has 0 amide bonds. The first kappa shape index (κ1) is 16.5. The van der Waals surface area contributed by atoms with Gasteiger partial charge in [-0.1, -0.05) is 82.3 Å². The summed E-state index contributed by atoms with van der Waals surface area (Å²) in [4.78, 5) is 0. The highest BCUT2D eigenvalue weighted by atomic mass is 14.4. The molecule has 0 aliphatic heterocycles. The van der Waals surface area contributed by atoms with Crippen molar-refractivity contribution >= 4 is 11.8 Å². The Labute approximate surface area is 135 Å². The number of rotatable bonds is 4. The topological polar surface area (TPSA) is 23.9 Å². The minimum atomic E-state index is 0.0342. The molecular formula is C21H27N. The van der Waals surface area contributed by atoms with Gasteiger partial charge in [-0.25, -0.2) is 0 Å². The van der Waals surface area contributed by atoms with Gasteiger partial charge < -0.3 is 5.41 Å². The number of hydrogen-bond acceptors (Lipinski definition) is 1. The van der Waals surface area contributed by atoms with Crippen molar-refractivity contribution < 1.29 is 0 Å². The van der Waals surface area contributed by atoms with Crippen molar-refractivity contribution in [2.75, 3.05) is 0 Å². The second kappa shape index (κ2) is 6.91. The maximum absolute atomic E-state index is 7.67. The third kappa shape index (κ3) is 4.07. The van der Waals surface area contributed by atoms with Gasteiger partial charge in [0, 0.05) is 6.21 Å². The second-order valence-corrected chi connectivity index (χ2v) is 7.19. The predicted molar refractivity (Wildman–Crippen MR) is 97.2 cm³/mol. The molecule has 0 radical (unpaired) electrons. The van der Waals surface area contributed by atoms with E-state index in [2.05, 4.69) is 82.3 Å². The van der Waals surface area contributed by atoms with Crippen LogP contribution in [-0.4, -0.2) is 6.21 Å². The molecule has 116 valence electrons. The molecule has 2 atom stereocenters. The molecule has 1 aliphatic carbocycles. The largest absolute Gasteiger partial charge is 0.308 e. The molecule has 0 saturated heterocycles. The number of hydrogen-bond donors (Lipinski definition) is 1. The van der Waals surface area contributed by atoms with Crippen molar-refractivity contribution in [2.45, 2.75) is 34.1 Å². The second-order valence-electron chi connectivity index (χ2n) is 7.19. The van der Waals surface area contributed by atoms with E-state index in [0.717, 1.165) is 12.0 Å². The molecule has 2 unspecified atom stereocenters. The van der Waals surface area contributed by atoms with Crippen molar-refractivity contribution in [3.8, 4) is 0 Å². The van der Waals surface area contributed by atoms with E-state index >= 15 is 0 Å². The summed E-state index contributed by atoms with van der Waals surface area (Å²) in [6, 6.07) is 10.6. The average molecular weight is 293 g/mol. The minimum Gasteiger partial charge on any atom is -0.308 e. The number of allylic oxidation sites excluding steroid dienone is 6. The van der Waals surface area contributed by atoms with Crippen molar-refractivity contribution in [3.05, 3.63) is 65.8 Å². The van der Waals surface area contributed by atoms with Gasteiger partial charge in [0.25, 0.3) is 0 Å². The van der Waals surface area contributed by atoms with E-state index in [1.165, 1.54) is 17.4 Å². The Morgan fingerprint density at radius 3 is 2.50 bits per heavy atom. The number of benzene rings is 1. The Morgan fingerprint density at radius 1 is 1.23 bits per heavy atom. The van der Waals surface area contributed by atoms with Crippen LogP contribution in [0.5, 0.6) is 0 Å². The van der Waals surface area contributed by atoms with E-state index < -0.39 is 0 Å². The van der Waals surface area contributed by atoms with Crippen LogP contribution in [0.4, 0.5) is 0 Å². The Kier molecular flexibility index (Phi) is 5.18. The van der Waals surface area contributed by atoms with E-state index in [1.807, 2.05) is 0 Å². The van der Waals surface area contributed by atoms with Gasteiger partial charge in [-0.2, -0.15) is 0 Å².